The first-order chi connectivity index (χ1) is 20.6. The molecule has 1 amide bonds. The van der Waals surface area contributed by atoms with E-state index in [9.17, 15) is 23.1 Å². The van der Waals surface area contributed by atoms with Crippen LogP contribution in [0.1, 0.15) is 32.1 Å². The number of carbonyl (C=O) groups excluding carboxylic acids is 1. The minimum atomic E-state index is -4.41. The molecule has 4 aliphatic carbocycles. The molecule has 8 nitrogen and oxygen atoms in total. The Labute approximate surface area is 247 Å². The van der Waals surface area contributed by atoms with Gasteiger partial charge < -0.3 is 24.9 Å². The number of fused-ring (bicyclic) bond motifs is 1. The van der Waals surface area contributed by atoms with E-state index in [0.29, 0.717) is 36.5 Å². The fourth-order valence-corrected chi connectivity index (χ4v) is 7.79. The van der Waals surface area contributed by atoms with Crippen molar-refractivity contribution in [2.75, 3.05) is 29.7 Å². The van der Waals surface area contributed by atoms with Crippen LogP contribution in [0, 0.1) is 17.8 Å². The summed E-state index contributed by atoms with van der Waals surface area (Å²) < 4.78 is 42.0. The van der Waals surface area contributed by atoms with Crippen LogP contribution >= 0.6 is 0 Å². The lowest BCUT2D eigenvalue weighted by molar-refractivity contribution is -0.153. The van der Waals surface area contributed by atoms with Crippen molar-refractivity contribution in [3.05, 3.63) is 66.9 Å². The van der Waals surface area contributed by atoms with Gasteiger partial charge in [-0.1, -0.05) is 24.3 Å². The third-order valence-corrected chi connectivity index (χ3v) is 9.30. The molecule has 43 heavy (non-hydrogen) atoms. The Morgan fingerprint density at radius 1 is 0.977 bits per heavy atom. The molecule has 226 valence electrons. The molecule has 1 aliphatic heterocycles. The van der Waals surface area contributed by atoms with Gasteiger partial charge in [0.1, 0.15) is 5.75 Å². The van der Waals surface area contributed by atoms with Crippen molar-refractivity contribution < 1.29 is 32.6 Å². The zero-order chi connectivity index (χ0) is 29.8. The molecule has 0 saturated heterocycles. The SMILES string of the molecule is O=C(NC1[C@@H]2CC3C[C@H]1CC(O)(C3)C2)ON1CCN(c2ccc(-c3ccc(OCC(F)(F)F)cn3)cc2)c2ccccc21. The zero-order valence-corrected chi connectivity index (χ0v) is 23.5. The average molecular weight is 595 g/mol. The Morgan fingerprint density at radius 3 is 2.35 bits per heavy atom. The third kappa shape index (κ3) is 5.70. The number of halogens is 3. The molecule has 8 rings (SSSR count). The number of amides is 1. The molecule has 4 bridgehead atoms. The van der Waals surface area contributed by atoms with Gasteiger partial charge in [-0.25, -0.2) is 9.86 Å². The summed E-state index contributed by atoms with van der Waals surface area (Å²) in [6, 6.07) is 18.6. The number of ether oxygens (including phenoxy) is 1. The van der Waals surface area contributed by atoms with Crippen molar-refractivity contribution >= 4 is 23.2 Å². The summed E-state index contributed by atoms with van der Waals surface area (Å²) >= 11 is 0. The van der Waals surface area contributed by atoms with Crippen LogP contribution in [0.3, 0.4) is 0 Å². The lowest BCUT2D eigenvalue weighted by Crippen LogP contribution is -2.62. The van der Waals surface area contributed by atoms with E-state index in [-0.39, 0.29) is 11.8 Å². The van der Waals surface area contributed by atoms with Crippen molar-refractivity contribution in [3.8, 4) is 17.0 Å². The highest BCUT2D eigenvalue weighted by Gasteiger charge is 2.55. The van der Waals surface area contributed by atoms with Crippen molar-refractivity contribution in [2.45, 2.75) is 49.9 Å². The molecule has 0 radical (unpaired) electrons. The molecular weight excluding hydrogens is 561 g/mol. The summed E-state index contributed by atoms with van der Waals surface area (Å²) in [6.45, 7) is -0.316. The fraction of sp³-hybridized carbons (Fsp3) is 0.438. The summed E-state index contributed by atoms with van der Waals surface area (Å²) in [7, 11) is 0. The molecule has 5 aliphatic rings. The molecule has 2 N–H and O–H groups in total. The van der Waals surface area contributed by atoms with Gasteiger partial charge in [0.05, 0.1) is 35.4 Å². The highest BCUT2D eigenvalue weighted by atomic mass is 19.4. The Balaban J connectivity index is 1.01. The van der Waals surface area contributed by atoms with E-state index >= 15 is 0 Å². The van der Waals surface area contributed by atoms with Crippen LogP contribution < -0.4 is 20.0 Å². The predicted molar refractivity (Wildman–Crippen MR) is 154 cm³/mol. The Kier molecular flexibility index (Phi) is 6.87. The van der Waals surface area contributed by atoms with E-state index in [4.69, 9.17) is 9.57 Å². The molecule has 2 aromatic carbocycles. The molecule has 4 saturated carbocycles. The van der Waals surface area contributed by atoms with Crippen molar-refractivity contribution in [1.82, 2.24) is 10.3 Å². The number of anilines is 3. The Bertz CT molecular complexity index is 1470. The van der Waals surface area contributed by atoms with Crippen molar-refractivity contribution in [1.29, 1.82) is 0 Å². The minimum Gasteiger partial charge on any atom is -0.483 e. The smallest absolute Gasteiger partial charge is 0.431 e. The van der Waals surface area contributed by atoms with E-state index in [0.717, 1.165) is 54.7 Å². The van der Waals surface area contributed by atoms with Crippen LogP contribution in [0.4, 0.5) is 35.0 Å². The van der Waals surface area contributed by atoms with Gasteiger partial charge in [-0.15, -0.1) is 0 Å². The average Bonchev–Trinajstić information content (AvgIpc) is 2.97. The van der Waals surface area contributed by atoms with Crippen LogP contribution in [0.25, 0.3) is 11.3 Å². The summed E-state index contributed by atoms with van der Waals surface area (Å²) in [5, 5.41) is 15.7. The summed E-state index contributed by atoms with van der Waals surface area (Å²) in [5.41, 5.74) is 3.50. The number of aliphatic hydroxyl groups is 1. The molecule has 5 atom stereocenters. The molecule has 3 unspecified atom stereocenters. The topological polar surface area (TPSA) is 87.2 Å². The van der Waals surface area contributed by atoms with Crippen LogP contribution in [0.2, 0.25) is 0 Å². The van der Waals surface area contributed by atoms with Gasteiger partial charge in [0.2, 0.25) is 0 Å². The van der Waals surface area contributed by atoms with Gasteiger partial charge in [0.15, 0.2) is 6.61 Å². The second kappa shape index (κ2) is 10.6. The third-order valence-electron chi connectivity index (χ3n) is 9.30. The Hall–Kier alpha value is -3.99. The van der Waals surface area contributed by atoms with Crippen LogP contribution in [0.5, 0.6) is 5.75 Å². The summed E-state index contributed by atoms with van der Waals surface area (Å²) in [6.07, 6.45) is 0.938. The monoisotopic (exact) mass is 594 g/mol. The van der Waals surface area contributed by atoms with Gasteiger partial charge in [-0.3, -0.25) is 4.98 Å². The number of para-hydroxylation sites is 2. The molecule has 0 spiro atoms. The van der Waals surface area contributed by atoms with E-state index in [1.807, 2.05) is 48.5 Å². The predicted octanol–water partition coefficient (Wildman–Crippen LogP) is 6.23. The van der Waals surface area contributed by atoms with Crippen molar-refractivity contribution in [3.63, 3.8) is 0 Å². The Morgan fingerprint density at radius 2 is 1.70 bits per heavy atom. The number of hydrogen-bond donors (Lipinski definition) is 2. The standard InChI is InChI=1S/C32H33F3N4O4/c33-32(34,35)19-42-25-9-10-26(36-18-25)21-5-7-24(8-6-21)38-11-12-39(28-4-2-1-3-27(28)38)43-30(40)37-29-22-13-20-14-23(29)17-31(41,15-20)16-22/h1-10,18,20,22-23,29,41H,11-17,19H2,(H,37,40)/t20?,22-,23+,29?,31?. The van der Waals surface area contributed by atoms with E-state index in [1.165, 1.54) is 12.3 Å². The van der Waals surface area contributed by atoms with Crippen LogP contribution in [-0.4, -0.2) is 53.7 Å². The molecule has 3 aromatic rings. The lowest BCUT2D eigenvalue weighted by atomic mass is 9.52. The number of nitrogens with zero attached hydrogens (tertiary/aromatic N) is 3. The second-order valence-electron chi connectivity index (χ2n) is 12.3. The van der Waals surface area contributed by atoms with Gasteiger partial charge in [0.25, 0.3) is 0 Å². The molecule has 11 heteroatoms. The maximum Gasteiger partial charge on any atom is 0.431 e. The maximum atomic E-state index is 13.1. The largest absolute Gasteiger partial charge is 0.483 e. The fourth-order valence-electron chi connectivity index (χ4n) is 7.79. The quantitative estimate of drug-likeness (QED) is 0.350. The first-order valence-electron chi connectivity index (χ1n) is 14.7. The highest BCUT2D eigenvalue weighted by molar-refractivity contribution is 5.81. The van der Waals surface area contributed by atoms with Gasteiger partial charge in [-0.2, -0.15) is 13.2 Å². The normalized spacial score (nSPS) is 27.5. The summed E-state index contributed by atoms with van der Waals surface area (Å²) in [4.78, 5) is 25.4. The first-order valence-corrected chi connectivity index (χ1v) is 14.7. The summed E-state index contributed by atoms with van der Waals surface area (Å²) in [5.74, 6) is 1.21. The zero-order valence-electron chi connectivity index (χ0n) is 23.5. The number of aromatic nitrogens is 1. The van der Waals surface area contributed by atoms with Gasteiger partial charge in [0, 0.05) is 23.8 Å². The minimum absolute atomic E-state index is 0.0393. The second-order valence-corrected chi connectivity index (χ2v) is 12.3. The number of pyridine rings is 1. The lowest BCUT2D eigenvalue weighted by Gasteiger charge is -2.57. The number of carbonyl (C=O) groups is 1. The molecule has 2 heterocycles. The molecule has 1 aromatic heterocycles. The van der Waals surface area contributed by atoms with E-state index in [2.05, 4.69) is 15.2 Å². The number of rotatable bonds is 6. The highest BCUT2D eigenvalue weighted by Crippen LogP contribution is 2.55. The van der Waals surface area contributed by atoms with Crippen LogP contribution in [0.15, 0.2) is 66.9 Å². The van der Waals surface area contributed by atoms with E-state index in [1.54, 1.807) is 11.1 Å². The number of hydroxylamine groups is 1. The molecule has 4 fully saturated rings. The number of hydrogen-bond acceptors (Lipinski definition) is 7. The van der Waals surface area contributed by atoms with Gasteiger partial charge in [-0.05, 0) is 86.3 Å². The van der Waals surface area contributed by atoms with Crippen LogP contribution in [-0.2, 0) is 4.84 Å². The van der Waals surface area contributed by atoms with Crippen molar-refractivity contribution in [2.24, 2.45) is 17.8 Å². The number of benzene rings is 2. The van der Waals surface area contributed by atoms with E-state index < -0.39 is 24.5 Å². The molecular formula is C32H33F3N4O4. The van der Waals surface area contributed by atoms with Gasteiger partial charge >= 0.3 is 12.3 Å². The number of alkyl halides is 3. The number of nitrogens with one attached hydrogen (secondary N) is 1. The first kappa shape index (κ1) is 27.8. The maximum absolute atomic E-state index is 13.1.